The first-order chi connectivity index (χ1) is 9.26. The number of aryl methyl sites for hydroxylation is 1. The van der Waals surface area contributed by atoms with Gasteiger partial charge in [-0.3, -0.25) is 9.67 Å². The van der Waals surface area contributed by atoms with E-state index in [1.54, 1.807) is 7.05 Å². The molecule has 0 unspecified atom stereocenters. The van der Waals surface area contributed by atoms with Crippen LogP contribution in [0.3, 0.4) is 0 Å². The van der Waals surface area contributed by atoms with Crippen LogP contribution in [0.1, 0.15) is 38.2 Å². The van der Waals surface area contributed by atoms with E-state index in [0.29, 0.717) is 0 Å². The highest BCUT2D eigenvalue weighted by atomic mass is 127. The fourth-order valence-corrected chi connectivity index (χ4v) is 1.86. The third kappa shape index (κ3) is 8.39. The van der Waals surface area contributed by atoms with E-state index < -0.39 is 0 Å². The monoisotopic (exact) mass is 393 g/mol. The van der Waals surface area contributed by atoms with Crippen molar-refractivity contribution in [2.45, 2.75) is 46.1 Å². The molecule has 1 rings (SSSR count). The summed E-state index contributed by atoms with van der Waals surface area (Å²) in [4.78, 5) is 4.21. The van der Waals surface area contributed by atoms with Crippen LogP contribution in [-0.4, -0.2) is 35.9 Å². The van der Waals surface area contributed by atoms with Crippen LogP contribution in [0.4, 0.5) is 0 Å². The predicted molar refractivity (Wildman–Crippen MR) is 95.9 cm³/mol. The average molecular weight is 393 g/mol. The first kappa shape index (κ1) is 19.2. The Kier molecular flexibility index (Phi) is 11.5. The Morgan fingerprint density at radius 2 is 2.00 bits per heavy atom. The van der Waals surface area contributed by atoms with Gasteiger partial charge in [-0.15, -0.1) is 24.0 Å². The molecule has 0 atom stereocenters. The van der Waals surface area contributed by atoms with Crippen molar-refractivity contribution in [3.63, 3.8) is 0 Å². The molecule has 20 heavy (non-hydrogen) atoms. The quantitative estimate of drug-likeness (QED) is 0.309. The molecule has 1 aromatic rings. The lowest BCUT2D eigenvalue weighted by molar-refractivity contribution is 0.593. The number of guanidine groups is 1. The van der Waals surface area contributed by atoms with Crippen molar-refractivity contribution in [3.05, 3.63) is 18.0 Å². The number of unbranched alkanes of at least 4 members (excludes halogenated alkanes) is 3. The van der Waals surface area contributed by atoms with Gasteiger partial charge < -0.3 is 10.6 Å². The lowest BCUT2D eigenvalue weighted by Crippen LogP contribution is -2.39. The Hall–Kier alpha value is -0.790. The summed E-state index contributed by atoms with van der Waals surface area (Å²) in [5.41, 5.74) is 1.19. The summed E-state index contributed by atoms with van der Waals surface area (Å²) in [6.45, 7) is 6.94. The number of halogens is 1. The Balaban J connectivity index is 0.00000361. The molecule has 0 aliphatic heterocycles. The molecule has 0 saturated carbocycles. The summed E-state index contributed by atoms with van der Waals surface area (Å²) in [5.74, 6) is 0.875. The third-order valence-corrected chi connectivity index (χ3v) is 2.94. The average Bonchev–Trinajstić information content (AvgIpc) is 2.82. The molecule has 0 radical (unpaired) electrons. The predicted octanol–water partition coefficient (Wildman–Crippen LogP) is 2.55. The van der Waals surface area contributed by atoms with E-state index in [4.69, 9.17) is 0 Å². The van der Waals surface area contributed by atoms with E-state index in [0.717, 1.165) is 25.6 Å². The fraction of sp³-hybridized carbons (Fsp3) is 0.714. The minimum atomic E-state index is 0. The highest BCUT2D eigenvalue weighted by Gasteiger charge is 1.98. The SMILES string of the molecule is CCCCCCNC(=NC)NCCn1cc(C)cn1.I. The van der Waals surface area contributed by atoms with E-state index in [1.807, 2.05) is 24.0 Å². The summed E-state index contributed by atoms with van der Waals surface area (Å²) in [6.07, 6.45) is 8.99. The second kappa shape index (κ2) is 12.0. The number of nitrogens with zero attached hydrogens (tertiary/aromatic N) is 3. The molecule has 0 amide bonds. The van der Waals surface area contributed by atoms with Crippen molar-refractivity contribution in [2.24, 2.45) is 4.99 Å². The molecule has 1 heterocycles. The Morgan fingerprint density at radius 3 is 2.60 bits per heavy atom. The van der Waals surface area contributed by atoms with Crippen molar-refractivity contribution >= 4 is 29.9 Å². The van der Waals surface area contributed by atoms with Crippen molar-refractivity contribution in [1.29, 1.82) is 0 Å². The van der Waals surface area contributed by atoms with Gasteiger partial charge in [-0.25, -0.2) is 0 Å². The van der Waals surface area contributed by atoms with Gasteiger partial charge in [-0.1, -0.05) is 26.2 Å². The second-order valence-corrected chi connectivity index (χ2v) is 4.77. The van der Waals surface area contributed by atoms with Crippen molar-refractivity contribution in [3.8, 4) is 0 Å². The van der Waals surface area contributed by atoms with E-state index in [2.05, 4.69) is 27.6 Å². The number of nitrogens with one attached hydrogen (secondary N) is 2. The molecule has 0 spiro atoms. The van der Waals surface area contributed by atoms with Gasteiger partial charge in [0.25, 0.3) is 0 Å². The normalized spacial score (nSPS) is 11.1. The number of hydrogen-bond acceptors (Lipinski definition) is 2. The summed E-state index contributed by atoms with van der Waals surface area (Å²) >= 11 is 0. The minimum Gasteiger partial charge on any atom is -0.356 e. The van der Waals surface area contributed by atoms with Crippen LogP contribution in [0.2, 0.25) is 0 Å². The van der Waals surface area contributed by atoms with E-state index in [-0.39, 0.29) is 24.0 Å². The number of hydrogen-bond donors (Lipinski definition) is 2. The van der Waals surface area contributed by atoms with Crippen molar-refractivity contribution < 1.29 is 0 Å². The van der Waals surface area contributed by atoms with Gasteiger partial charge in [0, 0.05) is 26.3 Å². The Morgan fingerprint density at radius 1 is 1.25 bits per heavy atom. The molecule has 0 bridgehead atoms. The van der Waals surface area contributed by atoms with Gasteiger partial charge in [0.2, 0.25) is 0 Å². The van der Waals surface area contributed by atoms with Gasteiger partial charge in [-0.2, -0.15) is 5.10 Å². The summed E-state index contributed by atoms with van der Waals surface area (Å²) < 4.78 is 1.94. The van der Waals surface area contributed by atoms with Crippen LogP contribution in [0, 0.1) is 6.92 Å². The molecular weight excluding hydrogens is 365 g/mol. The maximum Gasteiger partial charge on any atom is 0.191 e. The van der Waals surface area contributed by atoms with E-state index in [9.17, 15) is 0 Å². The Labute approximate surface area is 139 Å². The van der Waals surface area contributed by atoms with Crippen LogP contribution in [0.25, 0.3) is 0 Å². The van der Waals surface area contributed by atoms with Gasteiger partial charge in [0.05, 0.1) is 12.7 Å². The van der Waals surface area contributed by atoms with Crippen LogP contribution in [-0.2, 0) is 6.54 Å². The zero-order chi connectivity index (χ0) is 13.9. The number of aliphatic imine (C=N–C) groups is 1. The molecule has 0 fully saturated rings. The van der Waals surface area contributed by atoms with E-state index in [1.165, 1.54) is 31.2 Å². The second-order valence-electron chi connectivity index (χ2n) is 4.77. The molecular formula is C14H28IN5. The molecule has 6 heteroatoms. The van der Waals surface area contributed by atoms with Crippen LogP contribution < -0.4 is 10.6 Å². The first-order valence-corrected chi connectivity index (χ1v) is 7.20. The molecule has 0 aliphatic carbocycles. The standard InChI is InChI=1S/C14H27N5.HI/c1-4-5-6-7-8-16-14(15-3)17-9-10-19-12-13(2)11-18-19;/h11-12H,4-10H2,1-3H3,(H2,15,16,17);1H. The van der Waals surface area contributed by atoms with Gasteiger partial charge in [0.1, 0.15) is 0 Å². The lowest BCUT2D eigenvalue weighted by atomic mass is 10.2. The van der Waals surface area contributed by atoms with Gasteiger partial charge in [0.15, 0.2) is 5.96 Å². The van der Waals surface area contributed by atoms with E-state index >= 15 is 0 Å². The summed E-state index contributed by atoms with van der Waals surface area (Å²) in [6, 6.07) is 0. The molecule has 1 aromatic heterocycles. The fourth-order valence-electron chi connectivity index (χ4n) is 1.86. The maximum absolute atomic E-state index is 4.25. The summed E-state index contributed by atoms with van der Waals surface area (Å²) in [7, 11) is 1.80. The zero-order valence-electron chi connectivity index (χ0n) is 12.9. The maximum atomic E-state index is 4.25. The van der Waals surface area contributed by atoms with Crippen LogP contribution in [0.5, 0.6) is 0 Å². The molecule has 5 nitrogen and oxygen atoms in total. The highest BCUT2D eigenvalue weighted by Crippen LogP contribution is 1.96. The van der Waals surface area contributed by atoms with Crippen molar-refractivity contribution in [2.75, 3.05) is 20.1 Å². The first-order valence-electron chi connectivity index (χ1n) is 7.20. The topological polar surface area (TPSA) is 54.2 Å². The molecule has 2 N–H and O–H groups in total. The molecule has 0 aliphatic rings. The number of rotatable bonds is 8. The largest absolute Gasteiger partial charge is 0.356 e. The van der Waals surface area contributed by atoms with Crippen LogP contribution >= 0.6 is 24.0 Å². The molecule has 0 saturated heterocycles. The minimum absolute atomic E-state index is 0. The van der Waals surface area contributed by atoms with Crippen molar-refractivity contribution in [1.82, 2.24) is 20.4 Å². The molecule has 0 aromatic carbocycles. The third-order valence-electron chi connectivity index (χ3n) is 2.94. The molecule has 116 valence electrons. The van der Waals surface area contributed by atoms with Gasteiger partial charge in [-0.05, 0) is 18.9 Å². The van der Waals surface area contributed by atoms with Gasteiger partial charge >= 0.3 is 0 Å². The lowest BCUT2D eigenvalue weighted by Gasteiger charge is -2.11. The Bertz CT molecular complexity index is 375. The van der Waals surface area contributed by atoms with Crippen LogP contribution in [0.15, 0.2) is 17.4 Å². The smallest absolute Gasteiger partial charge is 0.191 e. The number of aromatic nitrogens is 2. The highest BCUT2D eigenvalue weighted by molar-refractivity contribution is 14.0. The summed E-state index contributed by atoms with van der Waals surface area (Å²) in [5, 5.41) is 10.9. The zero-order valence-corrected chi connectivity index (χ0v) is 15.2.